The van der Waals surface area contributed by atoms with E-state index in [0.717, 1.165) is 31.6 Å². The number of benzene rings is 1. The third-order valence-electron chi connectivity index (χ3n) is 5.17. The van der Waals surface area contributed by atoms with Gasteiger partial charge in [0, 0.05) is 32.1 Å². The fraction of sp³-hybridized carbons (Fsp3) is 0.381. The Morgan fingerprint density at radius 2 is 1.86 bits per heavy atom. The van der Waals surface area contributed by atoms with E-state index in [1.165, 1.54) is 12.1 Å². The number of rotatable bonds is 4. The quantitative estimate of drug-likeness (QED) is 0.883. The highest BCUT2D eigenvalue weighted by atomic mass is 19.1. The van der Waals surface area contributed by atoms with E-state index in [4.69, 9.17) is 0 Å². The molecular formula is C21H23FN4O2. The Bertz CT molecular complexity index is 867. The normalized spacial score (nSPS) is 17.2. The van der Waals surface area contributed by atoms with E-state index >= 15 is 0 Å². The molecule has 1 saturated carbocycles. The number of hydrogen-bond donors (Lipinski definition) is 1. The van der Waals surface area contributed by atoms with Crippen molar-refractivity contribution in [2.45, 2.75) is 19.3 Å². The second-order valence-electron chi connectivity index (χ2n) is 7.28. The molecule has 1 aromatic heterocycles. The minimum absolute atomic E-state index is 0.0617. The molecule has 6 nitrogen and oxygen atoms in total. The number of nitrogens with one attached hydrogen (secondary N) is 1. The average Bonchev–Trinajstić information content (AvgIpc) is 3.55. The molecule has 0 radical (unpaired) electrons. The van der Waals surface area contributed by atoms with Gasteiger partial charge in [-0.1, -0.05) is 12.1 Å². The predicted molar refractivity (Wildman–Crippen MR) is 105 cm³/mol. The number of halogens is 1. The van der Waals surface area contributed by atoms with E-state index < -0.39 is 5.82 Å². The van der Waals surface area contributed by atoms with Gasteiger partial charge in [0.25, 0.3) is 5.91 Å². The molecule has 7 heteroatoms. The van der Waals surface area contributed by atoms with Crippen LogP contribution in [0.2, 0.25) is 0 Å². The van der Waals surface area contributed by atoms with Gasteiger partial charge in [0.2, 0.25) is 5.91 Å². The van der Waals surface area contributed by atoms with Gasteiger partial charge in [-0.15, -0.1) is 0 Å². The minimum Gasteiger partial charge on any atom is -0.355 e. The highest BCUT2D eigenvalue weighted by Crippen LogP contribution is 2.30. The Morgan fingerprint density at radius 3 is 2.57 bits per heavy atom. The van der Waals surface area contributed by atoms with Crippen molar-refractivity contribution in [3.63, 3.8) is 0 Å². The summed E-state index contributed by atoms with van der Waals surface area (Å²) < 4.78 is 13.9. The lowest BCUT2D eigenvalue weighted by molar-refractivity contribution is -0.117. The number of amides is 2. The van der Waals surface area contributed by atoms with Crippen molar-refractivity contribution in [2.24, 2.45) is 5.92 Å². The van der Waals surface area contributed by atoms with Crippen molar-refractivity contribution in [1.82, 2.24) is 9.88 Å². The molecule has 0 unspecified atom stereocenters. The lowest BCUT2D eigenvalue weighted by atomic mass is 10.2. The van der Waals surface area contributed by atoms with Crippen LogP contribution in [-0.4, -0.2) is 47.9 Å². The summed E-state index contributed by atoms with van der Waals surface area (Å²) in [4.78, 5) is 32.7. The first-order chi connectivity index (χ1) is 13.6. The molecule has 1 aromatic carbocycles. The van der Waals surface area contributed by atoms with Crippen LogP contribution in [0.5, 0.6) is 0 Å². The summed E-state index contributed by atoms with van der Waals surface area (Å²) in [5.74, 6) is 0.268. The summed E-state index contributed by atoms with van der Waals surface area (Å²) in [6, 6.07) is 9.83. The Balaban J connectivity index is 1.37. The maximum Gasteiger partial charge on any atom is 0.256 e. The van der Waals surface area contributed by atoms with Gasteiger partial charge in [0.05, 0.1) is 17.4 Å². The van der Waals surface area contributed by atoms with E-state index in [1.54, 1.807) is 23.2 Å². The van der Waals surface area contributed by atoms with Gasteiger partial charge in [-0.3, -0.25) is 9.59 Å². The van der Waals surface area contributed by atoms with Crippen molar-refractivity contribution in [1.29, 1.82) is 0 Å². The molecule has 2 amide bonds. The SMILES string of the molecule is O=C(Nc1ccc(N2CCCN(C(=O)c3ccccc3F)CC2)nc1)C1CC1. The van der Waals surface area contributed by atoms with Crippen LogP contribution in [0, 0.1) is 11.7 Å². The molecule has 2 aromatic rings. The summed E-state index contributed by atoms with van der Waals surface area (Å²) in [5, 5.41) is 2.88. The smallest absolute Gasteiger partial charge is 0.256 e. The number of nitrogens with zero attached hydrogens (tertiary/aromatic N) is 3. The van der Waals surface area contributed by atoms with Gasteiger partial charge in [0.1, 0.15) is 11.6 Å². The van der Waals surface area contributed by atoms with Crippen LogP contribution < -0.4 is 10.2 Å². The number of aromatic nitrogens is 1. The van der Waals surface area contributed by atoms with Crippen molar-refractivity contribution >= 4 is 23.3 Å². The van der Waals surface area contributed by atoms with Crippen LogP contribution in [0.25, 0.3) is 0 Å². The lowest BCUT2D eigenvalue weighted by Crippen LogP contribution is -2.35. The van der Waals surface area contributed by atoms with Crippen molar-refractivity contribution < 1.29 is 14.0 Å². The van der Waals surface area contributed by atoms with E-state index in [2.05, 4.69) is 15.2 Å². The first-order valence-corrected chi connectivity index (χ1v) is 9.67. The zero-order chi connectivity index (χ0) is 19.5. The predicted octanol–water partition coefficient (Wildman–Crippen LogP) is 2.92. The summed E-state index contributed by atoms with van der Waals surface area (Å²) in [7, 11) is 0. The van der Waals surface area contributed by atoms with Crippen LogP contribution in [0.3, 0.4) is 0 Å². The molecule has 1 aliphatic carbocycles. The molecule has 146 valence electrons. The molecular weight excluding hydrogens is 359 g/mol. The van der Waals surface area contributed by atoms with Gasteiger partial charge in [-0.05, 0) is 43.5 Å². The number of pyridine rings is 1. The van der Waals surface area contributed by atoms with Gasteiger partial charge in [0.15, 0.2) is 0 Å². The molecule has 4 rings (SSSR count). The Kier molecular flexibility index (Phi) is 5.23. The van der Waals surface area contributed by atoms with Crippen LogP contribution in [0.4, 0.5) is 15.9 Å². The summed E-state index contributed by atoms with van der Waals surface area (Å²) in [6.45, 7) is 2.48. The number of carbonyl (C=O) groups is 2. The lowest BCUT2D eigenvalue weighted by Gasteiger charge is -2.23. The summed E-state index contributed by atoms with van der Waals surface area (Å²) in [5.41, 5.74) is 0.816. The van der Waals surface area contributed by atoms with Crippen molar-refractivity contribution in [3.8, 4) is 0 Å². The maximum atomic E-state index is 13.9. The fourth-order valence-electron chi connectivity index (χ4n) is 3.39. The first kappa shape index (κ1) is 18.4. The number of hydrogen-bond acceptors (Lipinski definition) is 4. The number of anilines is 2. The largest absolute Gasteiger partial charge is 0.355 e. The van der Waals surface area contributed by atoms with Gasteiger partial charge in [-0.2, -0.15) is 0 Å². The zero-order valence-electron chi connectivity index (χ0n) is 15.6. The van der Waals surface area contributed by atoms with E-state index in [1.807, 2.05) is 12.1 Å². The third kappa shape index (κ3) is 4.13. The monoisotopic (exact) mass is 382 g/mol. The summed E-state index contributed by atoms with van der Waals surface area (Å²) >= 11 is 0. The Hall–Kier alpha value is -2.96. The standard InChI is InChI=1S/C21H23FN4O2/c22-18-5-2-1-4-17(18)21(28)26-11-3-10-25(12-13-26)19-9-8-16(14-23-19)24-20(27)15-6-7-15/h1-2,4-5,8-9,14-15H,3,6-7,10-13H2,(H,24,27). The van der Waals surface area contributed by atoms with Crippen LogP contribution in [-0.2, 0) is 4.79 Å². The topological polar surface area (TPSA) is 65.5 Å². The molecule has 1 N–H and O–H groups in total. The van der Waals surface area contributed by atoms with E-state index in [9.17, 15) is 14.0 Å². The van der Waals surface area contributed by atoms with Crippen molar-refractivity contribution in [2.75, 3.05) is 36.4 Å². The van der Waals surface area contributed by atoms with Crippen LogP contribution >= 0.6 is 0 Å². The molecule has 0 spiro atoms. The third-order valence-corrected chi connectivity index (χ3v) is 5.17. The number of carbonyl (C=O) groups excluding carboxylic acids is 2. The summed E-state index contributed by atoms with van der Waals surface area (Å²) in [6.07, 6.45) is 4.38. The minimum atomic E-state index is -0.487. The van der Waals surface area contributed by atoms with Gasteiger partial charge in [-0.25, -0.2) is 9.37 Å². The first-order valence-electron chi connectivity index (χ1n) is 9.67. The van der Waals surface area contributed by atoms with Crippen molar-refractivity contribution in [3.05, 3.63) is 54.0 Å². The van der Waals surface area contributed by atoms with Crippen LogP contribution in [0.1, 0.15) is 29.6 Å². The van der Waals surface area contributed by atoms with Gasteiger partial charge < -0.3 is 15.1 Å². The Labute approximate surface area is 163 Å². The molecule has 2 heterocycles. The molecule has 2 aliphatic rings. The second kappa shape index (κ2) is 7.96. The van der Waals surface area contributed by atoms with E-state index in [-0.39, 0.29) is 23.3 Å². The molecule has 1 saturated heterocycles. The average molecular weight is 382 g/mol. The molecule has 0 atom stereocenters. The maximum absolute atomic E-state index is 13.9. The molecule has 1 aliphatic heterocycles. The fourth-order valence-corrected chi connectivity index (χ4v) is 3.39. The zero-order valence-corrected chi connectivity index (χ0v) is 15.6. The van der Waals surface area contributed by atoms with Crippen LogP contribution in [0.15, 0.2) is 42.6 Å². The molecule has 28 heavy (non-hydrogen) atoms. The van der Waals surface area contributed by atoms with E-state index in [0.29, 0.717) is 25.3 Å². The highest BCUT2D eigenvalue weighted by molar-refractivity contribution is 5.94. The Morgan fingerprint density at radius 1 is 1.04 bits per heavy atom. The molecule has 0 bridgehead atoms. The molecule has 2 fully saturated rings. The van der Waals surface area contributed by atoms with Gasteiger partial charge >= 0.3 is 0 Å². The highest BCUT2D eigenvalue weighted by Gasteiger charge is 2.29. The second-order valence-corrected chi connectivity index (χ2v) is 7.28.